The Morgan fingerprint density at radius 3 is 2.78 bits per heavy atom. The van der Waals surface area contributed by atoms with E-state index in [1.54, 1.807) is 12.1 Å². The zero-order valence-corrected chi connectivity index (χ0v) is 15.6. The Kier molecular flexibility index (Phi) is 6.72. The van der Waals surface area contributed by atoms with Gasteiger partial charge in [0, 0.05) is 37.6 Å². The number of hydrogen-bond donors (Lipinski definition) is 2. The molecule has 27 heavy (non-hydrogen) atoms. The van der Waals surface area contributed by atoms with Crippen LogP contribution >= 0.6 is 0 Å². The highest BCUT2D eigenvalue weighted by Gasteiger charge is 2.17. The molecule has 9 heteroatoms. The van der Waals surface area contributed by atoms with Gasteiger partial charge in [0.1, 0.15) is 17.8 Å². The lowest BCUT2D eigenvalue weighted by atomic mass is 10.1. The Morgan fingerprint density at radius 2 is 2.04 bits per heavy atom. The van der Waals surface area contributed by atoms with E-state index in [4.69, 9.17) is 4.74 Å². The SMILES string of the molecule is CCNc1cc2ncnc(NCCCCN3CCOCC3)c2cc1[N+](=O)[O-]. The summed E-state index contributed by atoms with van der Waals surface area (Å²) >= 11 is 0. The van der Waals surface area contributed by atoms with Crippen LogP contribution in [0.3, 0.4) is 0 Å². The molecule has 0 spiro atoms. The number of morpholine rings is 1. The minimum atomic E-state index is -0.378. The third-order valence-corrected chi connectivity index (χ3v) is 4.61. The van der Waals surface area contributed by atoms with Crippen LogP contribution < -0.4 is 10.6 Å². The second kappa shape index (κ2) is 9.43. The van der Waals surface area contributed by atoms with E-state index >= 15 is 0 Å². The van der Waals surface area contributed by atoms with Gasteiger partial charge < -0.3 is 15.4 Å². The van der Waals surface area contributed by atoms with Crippen molar-refractivity contribution in [3.8, 4) is 0 Å². The average molecular weight is 374 g/mol. The van der Waals surface area contributed by atoms with Gasteiger partial charge in [-0.15, -0.1) is 0 Å². The number of ether oxygens (including phenoxy) is 1. The molecule has 0 unspecified atom stereocenters. The van der Waals surface area contributed by atoms with Gasteiger partial charge in [-0.25, -0.2) is 9.97 Å². The van der Waals surface area contributed by atoms with E-state index in [0.717, 1.165) is 52.2 Å². The number of aromatic nitrogens is 2. The topological polar surface area (TPSA) is 105 Å². The van der Waals surface area contributed by atoms with E-state index in [1.807, 2.05) is 6.92 Å². The van der Waals surface area contributed by atoms with Gasteiger partial charge in [-0.05, 0) is 32.4 Å². The normalized spacial score (nSPS) is 15.0. The molecule has 1 aliphatic heterocycles. The Hall–Kier alpha value is -2.52. The Balaban J connectivity index is 1.63. The summed E-state index contributed by atoms with van der Waals surface area (Å²) in [5, 5.41) is 18.4. The highest BCUT2D eigenvalue weighted by Crippen LogP contribution is 2.31. The van der Waals surface area contributed by atoms with E-state index in [1.165, 1.54) is 6.33 Å². The first-order valence-electron chi connectivity index (χ1n) is 9.40. The smallest absolute Gasteiger partial charge is 0.293 e. The second-order valence-electron chi connectivity index (χ2n) is 6.48. The number of fused-ring (bicyclic) bond motifs is 1. The Labute approximate surface area is 158 Å². The monoisotopic (exact) mass is 374 g/mol. The van der Waals surface area contributed by atoms with E-state index in [0.29, 0.717) is 29.0 Å². The third-order valence-electron chi connectivity index (χ3n) is 4.61. The molecule has 0 amide bonds. The molecular weight excluding hydrogens is 348 g/mol. The number of unbranched alkanes of at least 4 members (excludes halogenated alkanes) is 1. The van der Waals surface area contributed by atoms with Crippen LogP contribution in [0.15, 0.2) is 18.5 Å². The van der Waals surface area contributed by atoms with Crippen LogP contribution in [0.1, 0.15) is 19.8 Å². The molecule has 0 bridgehead atoms. The van der Waals surface area contributed by atoms with Crippen molar-refractivity contribution in [1.82, 2.24) is 14.9 Å². The summed E-state index contributed by atoms with van der Waals surface area (Å²) in [6, 6.07) is 3.26. The van der Waals surface area contributed by atoms with Gasteiger partial charge in [0.05, 0.1) is 23.7 Å². The molecule has 2 N–H and O–H groups in total. The number of rotatable bonds is 9. The van der Waals surface area contributed by atoms with Crippen LogP contribution in [0, 0.1) is 10.1 Å². The number of hydrogen-bond acceptors (Lipinski definition) is 8. The predicted octanol–water partition coefficient (Wildman–Crippen LogP) is 2.49. The van der Waals surface area contributed by atoms with Crippen molar-refractivity contribution < 1.29 is 9.66 Å². The highest BCUT2D eigenvalue weighted by atomic mass is 16.6. The number of nitro groups is 1. The number of nitrogens with zero attached hydrogens (tertiary/aromatic N) is 4. The number of nitrogens with one attached hydrogen (secondary N) is 2. The quantitative estimate of drug-likeness (QED) is 0.392. The van der Waals surface area contributed by atoms with Gasteiger partial charge in [-0.3, -0.25) is 15.0 Å². The van der Waals surface area contributed by atoms with Crippen molar-refractivity contribution in [2.75, 3.05) is 56.6 Å². The van der Waals surface area contributed by atoms with E-state index in [2.05, 4.69) is 25.5 Å². The maximum absolute atomic E-state index is 11.4. The maximum Gasteiger partial charge on any atom is 0.293 e. The first-order valence-corrected chi connectivity index (χ1v) is 9.40. The minimum Gasteiger partial charge on any atom is -0.380 e. The largest absolute Gasteiger partial charge is 0.380 e. The summed E-state index contributed by atoms with van der Waals surface area (Å²) in [7, 11) is 0. The van der Waals surface area contributed by atoms with Crippen molar-refractivity contribution in [2.45, 2.75) is 19.8 Å². The lowest BCUT2D eigenvalue weighted by molar-refractivity contribution is -0.383. The first kappa shape index (κ1) is 19.2. The van der Waals surface area contributed by atoms with Crippen LogP contribution in [0.5, 0.6) is 0 Å². The molecule has 0 saturated carbocycles. The standard InChI is InChI=1S/C18H26N6O3/c1-2-19-16-12-15-14(11-17(16)24(25)26)18(22-13-21-15)20-5-3-4-6-23-7-9-27-10-8-23/h11-13,19H,2-10H2,1H3,(H,20,21,22). The van der Waals surface area contributed by atoms with Crippen molar-refractivity contribution in [3.63, 3.8) is 0 Å². The molecule has 0 aliphatic carbocycles. The van der Waals surface area contributed by atoms with Crippen molar-refractivity contribution in [3.05, 3.63) is 28.6 Å². The molecule has 2 heterocycles. The van der Waals surface area contributed by atoms with E-state index in [-0.39, 0.29) is 10.6 Å². The molecular formula is C18H26N6O3. The van der Waals surface area contributed by atoms with Crippen molar-refractivity contribution in [2.24, 2.45) is 0 Å². The van der Waals surface area contributed by atoms with E-state index < -0.39 is 0 Å². The van der Waals surface area contributed by atoms with Gasteiger partial charge in [0.2, 0.25) is 0 Å². The van der Waals surface area contributed by atoms with Gasteiger partial charge in [-0.1, -0.05) is 0 Å². The summed E-state index contributed by atoms with van der Waals surface area (Å²) in [5.74, 6) is 0.637. The average Bonchev–Trinajstić information content (AvgIpc) is 2.68. The summed E-state index contributed by atoms with van der Waals surface area (Å²) in [6.07, 6.45) is 3.57. The number of nitro benzene ring substituents is 1. The molecule has 1 fully saturated rings. The van der Waals surface area contributed by atoms with Crippen LogP contribution in [0.4, 0.5) is 17.2 Å². The molecule has 0 atom stereocenters. The zero-order valence-electron chi connectivity index (χ0n) is 15.6. The van der Waals surface area contributed by atoms with Crippen molar-refractivity contribution in [1.29, 1.82) is 0 Å². The summed E-state index contributed by atoms with van der Waals surface area (Å²) in [5.41, 5.74) is 1.20. The lowest BCUT2D eigenvalue weighted by Gasteiger charge is -2.26. The molecule has 1 aliphatic rings. The Morgan fingerprint density at radius 1 is 1.22 bits per heavy atom. The molecule has 3 rings (SSSR count). The minimum absolute atomic E-state index is 0.0366. The fourth-order valence-electron chi connectivity index (χ4n) is 3.21. The van der Waals surface area contributed by atoms with E-state index in [9.17, 15) is 10.1 Å². The maximum atomic E-state index is 11.4. The van der Waals surface area contributed by atoms with Crippen LogP contribution in [0.2, 0.25) is 0 Å². The van der Waals surface area contributed by atoms with Crippen LogP contribution in [-0.4, -0.2) is 65.7 Å². The molecule has 2 aromatic rings. The fourth-order valence-corrected chi connectivity index (χ4v) is 3.21. The summed E-state index contributed by atoms with van der Waals surface area (Å²) in [4.78, 5) is 22.0. The molecule has 1 saturated heterocycles. The fraction of sp³-hybridized carbons (Fsp3) is 0.556. The predicted molar refractivity (Wildman–Crippen MR) is 105 cm³/mol. The third kappa shape index (κ3) is 5.01. The summed E-state index contributed by atoms with van der Waals surface area (Å²) < 4.78 is 5.36. The summed E-state index contributed by atoms with van der Waals surface area (Å²) in [6.45, 7) is 7.97. The van der Waals surface area contributed by atoms with Gasteiger partial charge in [0.25, 0.3) is 5.69 Å². The van der Waals surface area contributed by atoms with Gasteiger partial charge >= 0.3 is 0 Å². The van der Waals surface area contributed by atoms with Gasteiger partial charge in [-0.2, -0.15) is 0 Å². The van der Waals surface area contributed by atoms with Gasteiger partial charge in [0.15, 0.2) is 0 Å². The lowest BCUT2D eigenvalue weighted by Crippen LogP contribution is -2.36. The molecule has 1 aromatic carbocycles. The van der Waals surface area contributed by atoms with Crippen LogP contribution in [0.25, 0.3) is 10.9 Å². The molecule has 9 nitrogen and oxygen atoms in total. The zero-order chi connectivity index (χ0) is 19.1. The first-order chi connectivity index (χ1) is 13.2. The second-order valence-corrected chi connectivity index (χ2v) is 6.48. The molecule has 1 aromatic heterocycles. The highest BCUT2D eigenvalue weighted by molar-refractivity contribution is 5.94. The van der Waals surface area contributed by atoms with Crippen molar-refractivity contribution >= 4 is 28.1 Å². The Bertz CT molecular complexity index is 779. The number of anilines is 2. The number of benzene rings is 1. The molecule has 0 radical (unpaired) electrons. The van der Waals surface area contributed by atoms with Crippen LogP contribution in [-0.2, 0) is 4.74 Å². The molecule has 146 valence electrons.